The molecule has 2 unspecified atom stereocenters. The topological polar surface area (TPSA) is 81.6 Å². The molecule has 2 atom stereocenters. The first-order valence-electron chi connectivity index (χ1n) is 6.68. The van der Waals surface area contributed by atoms with E-state index in [0.717, 1.165) is 6.54 Å². The Labute approximate surface area is 118 Å². The van der Waals surface area contributed by atoms with E-state index in [1.165, 1.54) is 0 Å². The average Bonchev–Trinajstić information content (AvgIpc) is 2.69. The lowest BCUT2D eigenvalue weighted by Crippen LogP contribution is -2.42. The third-order valence-electron chi connectivity index (χ3n) is 3.25. The molecule has 1 aromatic heterocycles. The number of aliphatic hydroxyl groups excluding tert-OH is 1. The fourth-order valence-electron chi connectivity index (χ4n) is 2.47. The van der Waals surface area contributed by atoms with Gasteiger partial charge >= 0.3 is 0 Å². The number of carbonyl (C=O) groups is 1. The van der Waals surface area contributed by atoms with E-state index < -0.39 is 0 Å². The lowest BCUT2D eigenvalue weighted by molar-refractivity contribution is -0.117. The van der Waals surface area contributed by atoms with E-state index in [4.69, 9.17) is 0 Å². The van der Waals surface area contributed by atoms with E-state index in [-0.39, 0.29) is 24.6 Å². The maximum atomic E-state index is 12.0. The Bertz CT molecular complexity index is 440. The van der Waals surface area contributed by atoms with E-state index in [1.54, 1.807) is 18.5 Å². The van der Waals surface area contributed by atoms with Crippen molar-refractivity contribution in [3.63, 3.8) is 0 Å². The normalized spacial score (nSPS) is 23.2. The second-order valence-corrected chi connectivity index (χ2v) is 5.36. The molecule has 0 saturated carbocycles. The molecule has 1 aliphatic heterocycles. The lowest BCUT2D eigenvalue weighted by Gasteiger charge is -2.25. The fourth-order valence-corrected chi connectivity index (χ4v) is 2.47. The van der Waals surface area contributed by atoms with Crippen LogP contribution in [-0.2, 0) is 4.79 Å². The number of anilines is 1. The third kappa shape index (κ3) is 4.22. The molecule has 7 heteroatoms. The number of carbonyl (C=O) groups excluding carboxylic acids is 1. The predicted octanol–water partition coefficient (Wildman–Crippen LogP) is -0.588. The van der Waals surface area contributed by atoms with Gasteiger partial charge in [-0.25, -0.2) is 9.97 Å². The standard InChI is InChI=1S/C13H21N5O2/c1-17(2)7-10-6-11(19)8-18(10)9-12(20)16-13-14-4-3-5-15-13/h3-5,10-11,19H,6-9H2,1-2H3,(H,14,15,16,20). The number of likely N-dealkylation sites (N-methyl/N-ethyl adjacent to an activating group) is 1. The van der Waals surface area contributed by atoms with Gasteiger partial charge in [0.25, 0.3) is 0 Å². The second-order valence-electron chi connectivity index (χ2n) is 5.36. The summed E-state index contributed by atoms with van der Waals surface area (Å²) < 4.78 is 0. The first kappa shape index (κ1) is 14.8. The summed E-state index contributed by atoms with van der Waals surface area (Å²) in [5.41, 5.74) is 0. The summed E-state index contributed by atoms with van der Waals surface area (Å²) in [7, 11) is 3.97. The van der Waals surface area contributed by atoms with Crippen LogP contribution in [0.1, 0.15) is 6.42 Å². The zero-order valence-electron chi connectivity index (χ0n) is 11.9. The summed E-state index contributed by atoms with van der Waals surface area (Å²) in [6.45, 7) is 1.60. The largest absolute Gasteiger partial charge is 0.392 e. The number of β-amino-alcohol motifs (C(OH)–C–C–N with tert-alkyl or cyclic N) is 1. The van der Waals surface area contributed by atoms with Crippen LogP contribution >= 0.6 is 0 Å². The highest BCUT2D eigenvalue weighted by molar-refractivity contribution is 5.90. The van der Waals surface area contributed by atoms with Crippen molar-refractivity contribution in [2.75, 3.05) is 39.0 Å². The second kappa shape index (κ2) is 6.74. The average molecular weight is 279 g/mol. The third-order valence-corrected chi connectivity index (χ3v) is 3.25. The molecule has 0 aromatic carbocycles. The number of nitrogens with one attached hydrogen (secondary N) is 1. The number of hydrogen-bond donors (Lipinski definition) is 2. The number of rotatable bonds is 5. The molecule has 0 bridgehead atoms. The highest BCUT2D eigenvalue weighted by atomic mass is 16.3. The number of likely N-dealkylation sites (tertiary alicyclic amines) is 1. The summed E-state index contributed by atoms with van der Waals surface area (Å²) in [5, 5.41) is 12.4. The van der Waals surface area contributed by atoms with Crippen molar-refractivity contribution in [3.8, 4) is 0 Å². The summed E-state index contributed by atoms with van der Waals surface area (Å²) in [6, 6.07) is 1.89. The van der Waals surface area contributed by atoms with Gasteiger partial charge in [0.15, 0.2) is 0 Å². The van der Waals surface area contributed by atoms with Gasteiger partial charge in [-0.15, -0.1) is 0 Å². The molecule has 1 saturated heterocycles. The predicted molar refractivity (Wildman–Crippen MR) is 75.2 cm³/mol. The van der Waals surface area contributed by atoms with E-state index in [9.17, 15) is 9.90 Å². The quantitative estimate of drug-likeness (QED) is 0.750. The Morgan fingerprint density at radius 3 is 2.85 bits per heavy atom. The molecular weight excluding hydrogens is 258 g/mol. The number of aromatic nitrogens is 2. The summed E-state index contributed by atoms with van der Waals surface area (Å²) in [5.74, 6) is 0.149. The summed E-state index contributed by atoms with van der Waals surface area (Å²) in [4.78, 5) is 24.0. The lowest BCUT2D eigenvalue weighted by atomic mass is 10.2. The van der Waals surface area contributed by atoms with Gasteiger partial charge in [0, 0.05) is 31.5 Å². The van der Waals surface area contributed by atoms with E-state index in [0.29, 0.717) is 18.9 Å². The highest BCUT2D eigenvalue weighted by Crippen LogP contribution is 2.18. The molecule has 2 N–H and O–H groups in total. The molecule has 1 aromatic rings. The molecule has 1 amide bonds. The monoisotopic (exact) mass is 279 g/mol. The Morgan fingerprint density at radius 1 is 1.50 bits per heavy atom. The summed E-state index contributed by atoms with van der Waals surface area (Å²) >= 11 is 0. The van der Waals surface area contributed by atoms with Gasteiger partial charge in [-0.3, -0.25) is 15.0 Å². The van der Waals surface area contributed by atoms with Gasteiger partial charge in [0.05, 0.1) is 12.6 Å². The molecule has 2 heterocycles. The molecular formula is C13H21N5O2. The zero-order chi connectivity index (χ0) is 14.5. The van der Waals surface area contributed by atoms with Gasteiger partial charge < -0.3 is 10.0 Å². The van der Waals surface area contributed by atoms with Crippen molar-refractivity contribution in [3.05, 3.63) is 18.5 Å². The minimum Gasteiger partial charge on any atom is -0.392 e. The molecule has 7 nitrogen and oxygen atoms in total. The van der Waals surface area contributed by atoms with Crippen molar-refractivity contribution in [1.29, 1.82) is 0 Å². The number of nitrogens with zero attached hydrogens (tertiary/aromatic N) is 4. The summed E-state index contributed by atoms with van der Waals surface area (Å²) in [6.07, 6.45) is 3.50. The SMILES string of the molecule is CN(C)CC1CC(O)CN1CC(=O)Nc1ncccn1. The smallest absolute Gasteiger partial charge is 0.240 e. The van der Waals surface area contributed by atoms with Crippen LogP contribution in [0.5, 0.6) is 0 Å². The minimum absolute atomic E-state index is 0.158. The molecule has 2 rings (SSSR count). The molecule has 110 valence electrons. The van der Waals surface area contributed by atoms with Crippen LogP contribution in [0.25, 0.3) is 0 Å². The number of hydrogen-bond acceptors (Lipinski definition) is 6. The van der Waals surface area contributed by atoms with Crippen LogP contribution in [0.3, 0.4) is 0 Å². The van der Waals surface area contributed by atoms with Crippen molar-refractivity contribution in [2.45, 2.75) is 18.6 Å². The molecule has 0 spiro atoms. The van der Waals surface area contributed by atoms with Crippen molar-refractivity contribution < 1.29 is 9.90 Å². The Balaban J connectivity index is 1.89. The molecule has 0 radical (unpaired) electrons. The first-order chi connectivity index (χ1) is 9.54. The Kier molecular flexibility index (Phi) is 4.99. The maximum absolute atomic E-state index is 12.0. The van der Waals surface area contributed by atoms with Crippen LogP contribution in [0.2, 0.25) is 0 Å². The van der Waals surface area contributed by atoms with Gasteiger partial charge in [-0.2, -0.15) is 0 Å². The van der Waals surface area contributed by atoms with Gasteiger partial charge in [0.2, 0.25) is 11.9 Å². The van der Waals surface area contributed by atoms with Crippen molar-refractivity contribution >= 4 is 11.9 Å². The molecule has 0 aliphatic carbocycles. The number of amides is 1. The van der Waals surface area contributed by atoms with Crippen LogP contribution in [0.15, 0.2) is 18.5 Å². The van der Waals surface area contributed by atoms with E-state index in [1.807, 2.05) is 19.0 Å². The van der Waals surface area contributed by atoms with Gasteiger partial charge in [0.1, 0.15) is 0 Å². The van der Waals surface area contributed by atoms with Gasteiger partial charge in [-0.05, 0) is 26.6 Å². The van der Waals surface area contributed by atoms with Gasteiger partial charge in [-0.1, -0.05) is 0 Å². The maximum Gasteiger partial charge on any atom is 0.240 e. The molecule has 1 fully saturated rings. The molecule has 20 heavy (non-hydrogen) atoms. The Hall–Kier alpha value is -1.57. The fraction of sp³-hybridized carbons (Fsp3) is 0.615. The van der Waals surface area contributed by atoms with Crippen molar-refractivity contribution in [2.24, 2.45) is 0 Å². The van der Waals surface area contributed by atoms with Crippen LogP contribution in [-0.4, -0.2) is 76.7 Å². The van der Waals surface area contributed by atoms with Crippen LogP contribution in [0.4, 0.5) is 5.95 Å². The van der Waals surface area contributed by atoms with Crippen molar-refractivity contribution in [1.82, 2.24) is 19.8 Å². The van der Waals surface area contributed by atoms with Crippen LogP contribution in [0, 0.1) is 0 Å². The first-order valence-corrected chi connectivity index (χ1v) is 6.68. The molecule has 1 aliphatic rings. The van der Waals surface area contributed by atoms with E-state index in [2.05, 4.69) is 20.2 Å². The van der Waals surface area contributed by atoms with E-state index >= 15 is 0 Å². The zero-order valence-corrected chi connectivity index (χ0v) is 11.9. The Morgan fingerprint density at radius 2 is 2.20 bits per heavy atom. The minimum atomic E-state index is -0.360. The van der Waals surface area contributed by atoms with Crippen LogP contribution < -0.4 is 5.32 Å². The highest BCUT2D eigenvalue weighted by Gasteiger charge is 2.32. The number of aliphatic hydroxyl groups is 1.